The van der Waals surface area contributed by atoms with Crippen molar-refractivity contribution in [3.05, 3.63) is 65.7 Å². The van der Waals surface area contributed by atoms with Gasteiger partial charge in [0.05, 0.1) is 54.9 Å². The van der Waals surface area contributed by atoms with E-state index in [-0.39, 0.29) is 0 Å². The Labute approximate surface area is 482 Å². The van der Waals surface area contributed by atoms with Gasteiger partial charge in [-0.1, -0.05) is 254 Å². The maximum Gasteiger partial charge on any atom is 0.146 e. The molecule has 0 aromatic rings. The smallest absolute Gasteiger partial charge is 0.124 e. The average molecular weight is 1190 g/mol. The van der Waals surface area contributed by atoms with E-state index in [1.165, 1.54) is 108 Å². The van der Waals surface area contributed by atoms with Gasteiger partial charge in [0.25, 0.3) is 0 Å². The monoisotopic (exact) mass is 1190 g/mol. The molecule has 70 heavy (non-hydrogen) atoms. The van der Waals surface area contributed by atoms with Crippen molar-refractivity contribution in [2.45, 2.75) is 195 Å². The van der Waals surface area contributed by atoms with Crippen LogP contribution in [0.4, 0.5) is 0 Å². The third-order valence-corrected chi connectivity index (χ3v) is 42.3. The summed E-state index contributed by atoms with van der Waals surface area (Å²) in [5, 5.41) is 4.52. The van der Waals surface area contributed by atoms with E-state index >= 15 is 0 Å². The molecule has 0 aromatic carbocycles. The molecule has 4 heterocycles. The Morgan fingerprint density at radius 2 is 0.671 bits per heavy atom. The predicted octanol–water partition coefficient (Wildman–Crippen LogP) is 23.0. The zero-order chi connectivity index (χ0) is 51.4. The fourth-order valence-electron chi connectivity index (χ4n) is 8.87. The highest BCUT2D eigenvalue weighted by Crippen LogP contribution is 2.64. The molecule has 4 rings (SSSR count). The number of allylic oxidation sites excluding steroid dienone is 4. The van der Waals surface area contributed by atoms with Crippen LogP contribution in [0.15, 0.2) is 65.7 Å². The van der Waals surface area contributed by atoms with E-state index in [4.69, 9.17) is 0 Å². The minimum Gasteiger partial charge on any atom is -0.124 e. The molecule has 0 aliphatic carbocycles. The van der Waals surface area contributed by atoms with Crippen LogP contribution in [0.1, 0.15) is 162 Å². The molecule has 0 nitrogen and oxygen atoms in total. The van der Waals surface area contributed by atoms with Crippen molar-refractivity contribution in [2.24, 2.45) is 0 Å². The molecule has 0 radical (unpaired) electrons. The zero-order valence-electron chi connectivity index (χ0n) is 45.0. The lowest BCUT2D eigenvalue weighted by atomic mass is 10.1. The molecule has 384 valence electrons. The summed E-state index contributed by atoms with van der Waals surface area (Å²) in [5.74, 6) is 27.3. The van der Waals surface area contributed by atoms with Crippen molar-refractivity contribution in [3.8, 4) is 46.6 Å². The van der Waals surface area contributed by atoms with Crippen LogP contribution in [0.3, 0.4) is 0 Å². The maximum absolute atomic E-state index is 4.09. The maximum atomic E-state index is 4.09. The van der Waals surface area contributed by atoms with Crippen molar-refractivity contribution in [2.75, 3.05) is 23.0 Å². The molecular formula is C56H80S12Si2. The highest BCUT2D eigenvalue weighted by molar-refractivity contribution is 8.43. The van der Waals surface area contributed by atoms with Gasteiger partial charge in [0.15, 0.2) is 0 Å². The van der Waals surface area contributed by atoms with E-state index in [9.17, 15) is 0 Å². The summed E-state index contributed by atoms with van der Waals surface area (Å²) in [6.07, 6.45) is 9.95. The van der Waals surface area contributed by atoms with Gasteiger partial charge in [-0.15, -0.1) is 58.1 Å². The molecule has 0 atom stereocenters. The summed E-state index contributed by atoms with van der Waals surface area (Å²) in [6.45, 7) is 38.0. The number of thioether (sulfide) groups is 12. The molecule has 4 aliphatic rings. The second-order valence-corrected chi connectivity index (χ2v) is 45.1. The van der Waals surface area contributed by atoms with Crippen LogP contribution in [0.2, 0.25) is 33.2 Å². The molecule has 0 spiro atoms. The average Bonchev–Trinajstić information content (AvgIpc) is 4.14. The van der Waals surface area contributed by atoms with Crippen LogP contribution in [-0.4, -0.2) is 39.2 Å². The van der Waals surface area contributed by atoms with Crippen molar-refractivity contribution in [3.63, 3.8) is 0 Å². The fourth-order valence-corrected chi connectivity index (χ4v) is 36.4. The second-order valence-electron chi connectivity index (χ2n) is 19.5. The Bertz CT molecular complexity index is 2040. The van der Waals surface area contributed by atoms with E-state index < -0.39 is 16.1 Å². The quantitative estimate of drug-likeness (QED) is 0.0576. The van der Waals surface area contributed by atoms with Gasteiger partial charge < -0.3 is 0 Å². The first-order valence-corrected chi connectivity index (χ1v) is 40.7. The minimum atomic E-state index is -2.11. The van der Waals surface area contributed by atoms with Crippen LogP contribution in [0, 0.1) is 46.6 Å². The molecule has 14 heteroatoms. The summed E-state index contributed by atoms with van der Waals surface area (Å²) in [6, 6.07) is 0. The van der Waals surface area contributed by atoms with Crippen LogP contribution in [-0.2, 0) is 0 Å². The summed E-state index contributed by atoms with van der Waals surface area (Å²) in [7, 11) is -4.22. The van der Waals surface area contributed by atoms with Gasteiger partial charge in [-0.2, -0.15) is 0 Å². The van der Waals surface area contributed by atoms with Gasteiger partial charge in [0, 0.05) is 0 Å². The fraction of sp³-hybridized carbons (Fsp3) is 0.607. The van der Waals surface area contributed by atoms with E-state index in [2.05, 4.69) is 215 Å². The molecule has 0 amide bonds. The molecule has 0 saturated heterocycles. The molecule has 0 N–H and O–H groups in total. The van der Waals surface area contributed by atoms with Crippen molar-refractivity contribution >= 4 is 157 Å². The topological polar surface area (TPSA) is 0 Å². The predicted molar refractivity (Wildman–Crippen MR) is 355 cm³/mol. The van der Waals surface area contributed by atoms with Crippen LogP contribution < -0.4 is 0 Å². The third-order valence-electron chi connectivity index (χ3n) is 12.7. The number of rotatable bonds is 22. The lowest BCUT2D eigenvalue weighted by molar-refractivity contribution is 0.838. The molecule has 0 unspecified atom stereocenters. The molecular weight excluding hydrogens is 1110 g/mol. The van der Waals surface area contributed by atoms with Gasteiger partial charge >= 0.3 is 0 Å². The Hall–Kier alpha value is 1.05. The number of hydrogen-bond acceptors (Lipinski definition) is 12. The molecule has 0 bridgehead atoms. The summed E-state index contributed by atoms with van der Waals surface area (Å²) >= 11 is 23.5. The zero-order valence-corrected chi connectivity index (χ0v) is 56.8. The van der Waals surface area contributed by atoms with Crippen molar-refractivity contribution < 1.29 is 0 Å². The normalized spacial score (nSPS) is 16.4. The van der Waals surface area contributed by atoms with Gasteiger partial charge in [0.2, 0.25) is 0 Å². The molecule has 0 saturated carbocycles. The highest BCUT2D eigenvalue weighted by atomic mass is 32.3. The van der Waals surface area contributed by atoms with Crippen molar-refractivity contribution in [1.29, 1.82) is 0 Å². The standard InChI is InChI=1S/C56H80S12Si2/c1-17-21-31-57-49-50(58-32-22-18-2)66-55(65-49)53-61-37-47(63-53)27-25-45(26-28-48-38-62-54(64-48)56-67-51(59-33-23-19-3)52(68-56)60-34-24-20-4)46(29-35-69(39(5)6,40(7)8)41(9)10)30-36-70(42(11)12,43(13)14)44(15)16/h37-44H,17-24,31-34H2,1-16H3. The molecule has 0 fully saturated rings. The Morgan fingerprint density at radius 1 is 0.400 bits per heavy atom. The first-order chi connectivity index (χ1) is 33.5. The van der Waals surface area contributed by atoms with Gasteiger partial charge in [-0.25, -0.2) is 0 Å². The summed E-state index contributed by atoms with van der Waals surface area (Å²) < 4.78 is 11.5. The SMILES string of the molecule is CCCCSC1=C(SCCCC)SC(=C2SC=C(C#CC(C#CC3=CSC(=C4SC(SCCCC)=C(SCCCC)S4)S3)=C(C#C[Si](C(C)C)(C(C)C)C(C)C)C#C[Si](C(C)C)(C(C)C)C(C)C)S2)S1. The van der Waals surface area contributed by atoms with Gasteiger partial charge in [-0.05, 0) is 105 Å². The lowest BCUT2D eigenvalue weighted by Crippen LogP contribution is -2.43. The highest BCUT2D eigenvalue weighted by Gasteiger charge is 2.43. The van der Waals surface area contributed by atoms with Gasteiger partial charge in [0.1, 0.15) is 16.1 Å². The summed E-state index contributed by atoms with van der Waals surface area (Å²) in [5.41, 5.74) is 12.8. The van der Waals surface area contributed by atoms with Crippen LogP contribution >= 0.6 is 141 Å². The first kappa shape index (κ1) is 63.6. The Balaban J connectivity index is 1.86. The van der Waals surface area contributed by atoms with Gasteiger partial charge in [-0.3, -0.25) is 0 Å². The van der Waals surface area contributed by atoms with Crippen LogP contribution in [0.5, 0.6) is 0 Å². The molecule has 4 aliphatic heterocycles. The number of unbranched alkanes of at least 4 members (excludes halogenated alkanes) is 4. The second kappa shape index (κ2) is 32.7. The van der Waals surface area contributed by atoms with Crippen LogP contribution in [0.25, 0.3) is 0 Å². The Kier molecular flexibility index (Phi) is 29.7. The number of hydrogen-bond donors (Lipinski definition) is 0. The first-order valence-electron chi connectivity index (χ1n) is 25.6. The van der Waals surface area contributed by atoms with E-state index in [0.717, 1.165) is 21.0 Å². The Morgan fingerprint density at radius 3 is 0.929 bits per heavy atom. The summed E-state index contributed by atoms with van der Waals surface area (Å²) in [4.78, 5) is 2.15. The van der Waals surface area contributed by atoms with E-state index in [0.29, 0.717) is 33.2 Å². The minimum absolute atomic E-state index is 0.506. The van der Waals surface area contributed by atoms with E-state index in [1.54, 1.807) is 0 Å². The van der Waals surface area contributed by atoms with E-state index in [1.807, 2.05) is 94.1 Å². The third kappa shape index (κ3) is 18.1. The largest absolute Gasteiger partial charge is 0.146 e. The lowest BCUT2D eigenvalue weighted by Gasteiger charge is -2.38. The van der Waals surface area contributed by atoms with Crippen molar-refractivity contribution in [1.82, 2.24) is 0 Å². The molecule has 0 aromatic heterocycles.